The van der Waals surface area contributed by atoms with E-state index in [2.05, 4.69) is 25.7 Å². The molecular formula is C10H18N2O2. The van der Waals surface area contributed by atoms with Gasteiger partial charge in [0.15, 0.2) is 0 Å². The van der Waals surface area contributed by atoms with Crippen molar-refractivity contribution in [3.8, 4) is 0 Å². The van der Waals surface area contributed by atoms with E-state index < -0.39 is 0 Å². The fourth-order valence-corrected chi connectivity index (χ4v) is 1.70. The molecule has 1 amide bonds. The lowest BCUT2D eigenvalue weighted by Gasteiger charge is -2.35. The Morgan fingerprint density at radius 2 is 2.14 bits per heavy atom. The van der Waals surface area contributed by atoms with Crippen molar-refractivity contribution in [2.24, 2.45) is 0 Å². The van der Waals surface area contributed by atoms with Crippen molar-refractivity contribution in [1.82, 2.24) is 10.2 Å². The van der Waals surface area contributed by atoms with Crippen LogP contribution in [0.5, 0.6) is 0 Å². The molecule has 1 N–H and O–H groups in total. The molecule has 0 saturated carbocycles. The van der Waals surface area contributed by atoms with Crippen molar-refractivity contribution >= 4 is 6.09 Å². The summed E-state index contributed by atoms with van der Waals surface area (Å²) in [4.78, 5) is 13.2. The van der Waals surface area contributed by atoms with Crippen LogP contribution in [0.2, 0.25) is 0 Å². The molecule has 0 aromatic heterocycles. The second kappa shape index (κ2) is 5.00. The molecule has 1 saturated heterocycles. The summed E-state index contributed by atoms with van der Waals surface area (Å²) in [5.74, 6) is 0. The number of hydrogen-bond acceptors (Lipinski definition) is 3. The van der Waals surface area contributed by atoms with Gasteiger partial charge in [0.1, 0.15) is 6.61 Å². The molecule has 80 valence electrons. The summed E-state index contributed by atoms with van der Waals surface area (Å²) >= 11 is 0. The molecule has 0 unspecified atom stereocenters. The molecule has 4 heteroatoms. The molecule has 0 spiro atoms. The normalized spacial score (nSPS) is 27.1. The second-order valence-corrected chi connectivity index (χ2v) is 3.74. The number of hydrogen-bond donors (Lipinski definition) is 1. The lowest BCUT2D eigenvalue weighted by molar-refractivity contribution is 0.0927. The van der Waals surface area contributed by atoms with Gasteiger partial charge in [-0.15, -0.1) is 0 Å². The van der Waals surface area contributed by atoms with Gasteiger partial charge in [-0.3, -0.25) is 0 Å². The summed E-state index contributed by atoms with van der Waals surface area (Å²) in [5.41, 5.74) is 0. The van der Waals surface area contributed by atoms with Gasteiger partial charge in [0.05, 0.1) is 0 Å². The van der Waals surface area contributed by atoms with Gasteiger partial charge in [0.25, 0.3) is 0 Å². The average Bonchev–Trinajstić information content (AvgIpc) is 2.12. The predicted molar refractivity (Wildman–Crippen MR) is 55.2 cm³/mol. The second-order valence-electron chi connectivity index (χ2n) is 3.74. The summed E-state index contributed by atoms with van der Waals surface area (Å²) in [6.07, 6.45) is 1.33. The molecule has 0 bridgehead atoms. The van der Waals surface area contributed by atoms with Gasteiger partial charge in [-0.1, -0.05) is 12.7 Å². The van der Waals surface area contributed by atoms with Crippen LogP contribution in [0.4, 0.5) is 4.79 Å². The highest BCUT2D eigenvalue weighted by Gasteiger charge is 2.25. The minimum Gasteiger partial charge on any atom is -0.445 e. The number of piperazine rings is 1. The number of nitrogens with one attached hydrogen (secondary N) is 1. The van der Waals surface area contributed by atoms with Crippen LogP contribution in [0.3, 0.4) is 0 Å². The third-order valence-corrected chi connectivity index (χ3v) is 2.14. The number of carbonyl (C=O) groups excluding carboxylic acids is 1. The highest BCUT2D eigenvalue weighted by Crippen LogP contribution is 2.05. The number of nitrogens with zero attached hydrogens (tertiary/aromatic N) is 1. The quantitative estimate of drug-likeness (QED) is 0.673. The van der Waals surface area contributed by atoms with Gasteiger partial charge < -0.3 is 15.0 Å². The minimum absolute atomic E-state index is 0.245. The lowest BCUT2D eigenvalue weighted by Crippen LogP contribution is -2.55. The smallest absolute Gasteiger partial charge is 0.410 e. The van der Waals surface area contributed by atoms with E-state index in [9.17, 15) is 4.79 Å². The first-order valence-electron chi connectivity index (χ1n) is 4.92. The molecule has 0 aromatic carbocycles. The van der Waals surface area contributed by atoms with E-state index in [0.29, 0.717) is 25.2 Å². The summed E-state index contributed by atoms with van der Waals surface area (Å²) in [6.45, 7) is 9.32. The van der Waals surface area contributed by atoms with Gasteiger partial charge in [-0.2, -0.15) is 0 Å². The molecule has 1 aliphatic rings. The van der Waals surface area contributed by atoms with Crippen LogP contribution in [0, 0.1) is 0 Å². The molecule has 0 aromatic rings. The van der Waals surface area contributed by atoms with E-state index in [1.807, 2.05) is 0 Å². The van der Waals surface area contributed by atoms with E-state index in [4.69, 9.17) is 4.74 Å². The summed E-state index contributed by atoms with van der Waals surface area (Å²) in [6, 6.07) is 0.657. The van der Waals surface area contributed by atoms with E-state index in [1.54, 1.807) is 11.0 Å². The van der Waals surface area contributed by atoms with Crippen LogP contribution in [0.15, 0.2) is 12.7 Å². The van der Waals surface area contributed by atoms with E-state index >= 15 is 0 Å². The Kier molecular flexibility index (Phi) is 3.95. The van der Waals surface area contributed by atoms with Gasteiger partial charge in [-0.25, -0.2) is 4.79 Å². The molecule has 14 heavy (non-hydrogen) atoms. The van der Waals surface area contributed by atoms with Crippen LogP contribution in [-0.4, -0.2) is 42.8 Å². The Labute approximate surface area is 84.9 Å². The first kappa shape index (κ1) is 11.0. The summed E-state index contributed by atoms with van der Waals surface area (Å²) in [7, 11) is 0. The maximum Gasteiger partial charge on any atom is 0.410 e. The van der Waals surface area contributed by atoms with Gasteiger partial charge >= 0.3 is 6.09 Å². The molecule has 4 nitrogen and oxygen atoms in total. The zero-order valence-corrected chi connectivity index (χ0v) is 8.82. The Balaban J connectivity index is 2.42. The molecule has 1 fully saturated rings. The third kappa shape index (κ3) is 3.03. The molecule has 1 aliphatic heterocycles. The zero-order chi connectivity index (χ0) is 10.6. The van der Waals surface area contributed by atoms with Crippen molar-refractivity contribution in [3.05, 3.63) is 12.7 Å². The van der Waals surface area contributed by atoms with Gasteiger partial charge in [-0.05, 0) is 13.8 Å². The zero-order valence-electron chi connectivity index (χ0n) is 8.82. The molecular weight excluding hydrogens is 180 g/mol. The molecule has 0 radical (unpaired) electrons. The van der Waals surface area contributed by atoms with Crippen molar-refractivity contribution in [3.63, 3.8) is 0 Å². The Bertz CT molecular complexity index is 208. The minimum atomic E-state index is -0.245. The molecule has 2 atom stereocenters. The fraction of sp³-hybridized carbons (Fsp3) is 0.700. The highest BCUT2D eigenvalue weighted by molar-refractivity contribution is 5.68. The number of carbonyl (C=O) groups is 1. The number of amides is 1. The van der Waals surface area contributed by atoms with Crippen molar-refractivity contribution in [1.29, 1.82) is 0 Å². The monoisotopic (exact) mass is 198 g/mol. The Morgan fingerprint density at radius 3 is 2.64 bits per heavy atom. The highest BCUT2D eigenvalue weighted by atomic mass is 16.6. The SMILES string of the molecule is C=CCOC(=O)N1C[C@@H](C)N[C@@H](C)C1. The van der Waals surface area contributed by atoms with Crippen LogP contribution >= 0.6 is 0 Å². The lowest BCUT2D eigenvalue weighted by atomic mass is 10.2. The Morgan fingerprint density at radius 1 is 1.57 bits per heavy atom. The van der Waals surface area contributed by atoms with Crippen LogP contribution < -0.4 is 5.32 Å². The number of ether oxygens (including phenoxy) is 1. The maximum absolute atomic E-state index is 11.5. The van der Waals surface area contributed by atoms with Crippen molar-refractivity contribution in [2.45, 2.75) is 25.9 Å². The van der Waals surface area contributed by atoms with Crippen molar-refractivity contribution < 1.29 is 9.53 Å². The summed E-state index contributed by atoms with van der Waals surface area (Å²) in [5, 5.41) is 3.35. The van der Waals surface area contributed by atoms with Crippen LogP contribution in [0.25, 0.3) is 0 Å². The topological polar surface area (TPSA) is 41.6 Å². The summed E-state index contributed by atoms with van der Waals surface area (Å²) < 4.78 is 4.97. The van der Waals surface area contributed by atoms with E-state index in [-0.39, 0.29) is 12.7 Å². The molecule has 0 aliphatic carbocycles. The predicted octanol–water partition coefficient (Wildman–Crippen LogP) is 0.991. The van der Waals surface area contributed by atoms with E-state index in [1.165, 1.54) is 0 Å². The van der Waals surface area contributed by atoms with E-state index in [0.717, 1.165) is 0 Å². The molecule has 1 rings (SSSR count). The van der Waals surface area contributed by atoms with Gasteiger partial charge in [0, 0.05) is 25.2 Å². The first-order valence-corrected chi connectivity index (χ1v) is 4.92. The standard InChI is InChI=1S/C10H18N2O2/c1-4-5-14-10(13)12-6-8(2)11-9(3)7-12/h4,8-9,11H,1,5-7H2,2-3H3/t8-,9+. The number of rotatable bonds is 2. The largest absolute Gasteiger partial charge is 0.445 e. The van der Waals surface area contributed by atoms with Crippen LogP contribution in [0.1, 0.15) is 13.8 Å². The maximum atomic E-state index is 11.5. The Hall–Kier alpha value is -1.03. The third-order valence-electron chi connectivity index (χ3n) is 2.14. The average molecular weight is 198 g/mol. The molecule has 1 heterocycles. The van der Waals surface area contributed by atoms with Crippen molar-refractivity contribution in [2.75, 3.05) is 19.7 Å². The fourth-order valence-electron chi connectivity index (χ4n) is 1.70. The van der Waals surface area contributed by atoms with Crippen LogP contribution in [-0.2, 0) is 4.74 Å². The van der Waals surface area contributed by atoms with Gasteiger partial charge in [0.2, 0.25) is 0 Å². The first-order chi connectivity index (χ1) is 6.63.